The fourth-order valence-corrected chi connectivity index (χ4v) is 2.69. The van der Waals surface area contributed by atoms with E-state index in [2.05, 4.69) is 10.3 Å². The highest BCUT2D eigenvalue weighted by atomic mass is 16.1. The van der Waals surface area contributed by atoms with E-state index in [-0.39, 0.29) is 11.6 Å². The Bertz CT molecular complexity index is 626. The van der Waals surface area contributed by atoms with Gasteiger partial charge in [0.25, 0.3) is 5.56 Å². The van der Waals surface area contributed by atoms with Crippen molar-refractivity contribution in [2.24, 2.45) is 0 Å². The Morgan fingerprint density at radius 3 is 2.89 bits per heavy atom. The standard InChI is InChI=1S/C14H17N3O/c1-10-3-2-4-12-13(10)14(18)17(9-16-12)11-5-7-15-8-6-11/h2-4,9,11,15H,5-8H2,1H3. The molecular weight excluding hydrogens is 226 g/mol. The zero-order valence-electron chi connectivity index (χ0n) is 10.5. The topological polar surface area (TPSA) is 46.9 Å². The zero-order valence-corrected chi connectivity index (χ0v) is 10.5. The van der Waals surface area contributed by atoms with E-state index in [0.29, 0.717) is 0 Å². The molecule has 0 unspecified atom stereocenters. The summed E-state index contributed by atoms with van der Waals surface area (Å²) < 4.78 is 1.82. The van der Waals surface area contributed by atoms with Crippen LogP contribution < -0.4 is 10.9 Å². The molecule has 1 aromatic heterocycles. The zero-order chi connectivity index (χ0) is 12.5. The van der Waals surface area contributed by atoms with E-state index in [1.165, 1.54) is 0 Å². The Morgan fingerprint density at radius 1 is 1.33 bits per heavy atom. The third-order valence-electron chi connectivity index (χ3n) is 3.72. The average Bonchev–Trinajstić information content (AvgIpc) is 2.40. The van der Waals surface area contributed by atoms with Gasteiger partial charge in [-0.3, -0.25) is 9.36 Å². The molecule has 2 aromatic rings. The molecule has 2 heterocycles. The molecule has 94 valence electrons. The molecule has 1 saturated heterocycles. The maximum atomic E-state index is 12.6. The quantitative estimate of drug-likeness (QED) is 0.828. The van der Waals surface area contributed by atoms with E-state index in [0.717, 1.165) is 42.4 Å². The second kappa shape index (κ2) is 4.53. The van der Waals surface area contributed by atoms with Crippen molar-refractivity contribution in [1.82, 2.24) is 14.9 Å². The van der Waals surface area contributed by atoms with Crippen LogP contribution in [0.1, 0.15) is 24.4 Å². The van der Waals surface area contributed by atoms with Crippen molar-refractivity contribution in [3.63, 3.8) is 0 Å². The first-order valence-corrected chi connectivity index (χ1v) is 6.44. The van der Waals surface area contributed by atoms with Gasteiger partial charge in [0, 0.05) is 6.04 Å². The molecule has 0 radical (unpaired) electrons. The van der Waals surface area contributed by atoms with E-state index < -0.39 is 0 Å². The molecule has 0 atom stereocenters. The second-order valence-electron chi connectivity index (χ2n) is 4.91. The van der Waals surface area contributed by atoms with Crippen molar-refractivity contribution >= 4 is 10.9 Å². The van der Waals surface area contributed by atoms with Crippen LogP contribution in [0.3, 0.4) is 0 Å². The molecular formula is C14H17N3O. The summed E-state index contributed by atoms with van der Waals surface area (Å²) >= 11 is 0. The van der Waals surface area contributed by atoms with Crippen LogP contribution in [0.2, 0.25) is 0 Å². The lowest BCUT2D eigenvalue weighted by Crippen LogP contribution is -2.34. The normalized spacial score (nSPS) is 17.2. The predicted octanol–water partition coefficient (Wildman–Crippen LogP) is 1.63. The van der Waals surface area contributed by atoms with Gasteiger partial charge in [0.05, 0.1) is 17.2 Å². The van der Waals surface area contributed by atoms with E-state index in [4.69, 9.17) is 0 Å². The first-order chi connectivity index (χ1) is 8.77. The molecule has 1 aliphatic rings. The van der Waals surface area contributed by atoms with E-state index in [1.807, 2.05) is 29.7 Å². The molecule has 1 aromatic carbocycles. The molecule has 4 heteroatoms. The van der Waals surface area contributed by atoms with Crippen molar-refractivity contribution in [2.75, 3.05) is 13.1 Å². The van der Waals surface area contributed by atoms with E-state index >= 15 is 0 Å². The number of benzene rings is 1. The number of nitrogens with zero attached hydrogens (tertiary/aromatic N) is 2. The highest BCUT2D eigenvalue weighted by Gasteiger charge is 2.17. The van der Waals surface area contributed by atoms with E-state index in [1.54, 1.807) is 6.33 Å². The maximum absolute atomic E-state index is 12.6. The molecule has 1 fully saturated rings. The SMILES string of the molecule is Cc1cccc2ncn(C3CCNCC3)c(=O)c12. The van der Waals surface area contributed by atoms with Crippen LogP contribution in [0.25, 0.3) is 10.9 Å². The van der Waals surface area contributed by atoms with Crippen molar-refractivity contribution < 1.29 is 0 Å². The number of fused-ring (bicyclic) bond motifs is 1. The monoisotopic (exact) mass is 243 g/mol. The first-order valence-electron chi connectivity index (χ1n) is 6.44. The highest BCUT2D eigenvalue weighted by Crippen LogP contribution is 2.18. The van der Waals surface area contributed by atoms with Crippen LogP contribution in [-0.4, -0.2) is 22.6 Å². The Labute approximate surface area is 106 Å². The fourth-order valence-electron chi connectivity index (χ4n) is 2.69. The number of aromatic nitrogens is 2. The summed E-state index contributed by atoms with van der Waals surface area (Å²) in [6, 6.07) is 6.10. The summed E-state index contributed by atoms with van der Waals surface area (Å²) in [7, 11) is 0. The molecule has 0 bridgehead atoms. The number of hydrogen-bond donors (Lipinski definition) is 1. The lowest BCUT2D eigenvalue weighted by atomic mass is 10.1. The summed E-state index contributed by atoms with van der Waals surface area (Å²) in [6.45, 7) is 3.92. The molecule has 0 aliphatic carbocycles. The van der Waals surface area contributed by atoms with Crippen LogP contribution in [0.15, 0.2) is 29.3 Å². The molecule has 0 amide bonds. The third kappa shape index (κ3) is 1.82. The smallest absolute Gasteiger partial charge is 0.261 e. The summed E-state index contributed by atoms with van der Waals surface area (Å²) in [4.78, 5) is 17.0. The number of hydrogen-bond acceptors (Lipinski definition) is 3. The third-order valence-corrected chi connectivity index (χ3v) is 3.72. The van der Waals surface area contributed by atoms with Crippen LogP contribution in [0.4, 0.5) is 0 Å². The van der Waals surface area contributed by atoms with Crippen molar-refractivity contribution in [1.29, 1.82) is 0 Å². The average molecular weight is 243 g/mol. The van der Waals surface area contributed by atoms with Crippen LogP contribution in [0, 0.1) is 6.92 Å². The van der Waals surface area contributed by atoms with Crippen LogP contribution >= 0.6 is 0 Å². The first kappa shape index (κ1) is 11.4. The van der Waals surface area contributed by atoms with Gasteiger partial charge in [0.2, 0.25) is 0 Å². The van der Waals surface area contributed by atoms with Crippen molar-refractivity contribution in [3.05, 3.63) is 40.4 Å². The molecule has 0 spiro atoms. The van der Waals surface area contributed by atoms with E-state index in [9.17, 15) is 4.79 Å². The van der Waals surface area contributed by atoms with Gasteiger partial charge in [-0.05, 0) is 44.5 Å². The minimum Gasteiger partial charge on any atom is -0.317 e. The van der Waals surface area contributed by atoms with Gasteiger partial charge in [0.1, 0.15) is 0 Å². The van der Waals surface area contributed by atoms with Gasteiger partial charge in [-0.1, -0.05) is 12.1 Å². The Balaban J connectivity index is 2.16. The van der Waals surface area contributed by atoms with Crippen LogP contribution in [0.5, 0.6) is 0 Å². The summed E-state index contributed by atoms with van der Waals surface area (Å²) in [5, 5.41) is 4.08. The molecule has 18 heavy (non-hydrogen) atoms. The van der Waals surface area contributed by atoms with Gasteiger partial charge in [0.15, 0.2) is 0 Å². The number of piperidine rings is 1. The molecule has 4 nitrogen and oxygen atoms in total. The second-order valence-corrected chi connectivity index (χ2v) is 4.91. The number of aryl methyl sites for hydroxylation is 1. The largest absolute Gasteiger partial charge is 0.317 e. The van der Waals surface area contributed by atoms with Crippen molar-refractivity contribution in [3.8, 4) is 0 Å². The lowest BCUT2D eigenvalue weighted by Gasteiger charge is -2.24. The van der Waals surface area contributed by atoms with Gasteiger partial charge >= 0.3 is 0 Å². The number of nitrogens with one attached hydrogen (secondary N) is 1. The summed E-state index contributed by atoms with van der Waals surface area (Å²) in [6.07, 6.45) is 3.71. The highest BCUT2D eigenvalue weighted by molar-refractivity contribution is 5.80. The minimum absolute atomic E-state index is 0.102. The van der Waals surface area contributed by atoms with Gasteiger partial charge < -0.3 is 5.32 Å². The minimum atomic E-state index is 0.102. The lowest BCUT2D eigenvalue weighted by molar-refractivity contribution is 0.359. The fraction of sp³-hybridized carbons (Fsp3) is 0.429. The molecule has 3 rings (SSSR count). The summed E-state index contributed by atoms with van der Waals surface area (Å²) in [5.74, 6) is 0. The Kier molecular flexibility index (Phi) is 2.88. The maximum Gasteiger partial charge on any atom is 0.261 e. The Morgan fingerprint density at radius 2 is 2.11 bits per heavy atom. The molecule has 1 aliphatic heterocycles. The van der Waals surface area contributed by atoms with Gasteiger partial charge in [-0.2, -0.15) is 0 Å². The summed E-state index contributed by atoms with van der Waals surface area (Å²) in [5.41, 5.74) is 1.91. The van der Waals surface area contributed by atoms with Crippen molar-refractivity contribution in [2.45, 2.75) is 25.8 Å². The van der Waals surface area contributed by atoms with Gasteiger partial charge in [-0.25, -0.2) is 4.98 Å². The van der Waals surface area contributed by atoms with Crippen LogP contribution in [-0.2, 0) is 0 Å². The molecule has 0 saturated carbocycles. The Hall–Kier alpha value is -1.68. The predicted molar refractivity (Wildman–Crippen MR) is 71.9 cm³/mol. The number of rotatable bonds is 1. The van der Waals surface area contributed by atoms with Gasteiger partial charge in [-0.15, -0.1) is 0 Å². The molecule has 1 N–H and O–H groups in total.